The smallest absolute Gasteiger partial charge is 0.163 e. The van der Waals surface area contributed by atoms with Crippen molar-refractivity contribution in [3.05, 3.63) is 59.7 Å². The summed E-state index contributed by atoms with van der Waals surface area (Å²) in [5.74, 6) is 1.56. The number of hydrogen-bond acceptors (Lipinski definition) is 3. The lowest BCUT2D eigenvalue weighted by Crippen LogP contribution is -2.04. The molecule has 104 valence electrons. The molecule has 0 atom stereocenters. The van der Waals surface area contributed by atoms with Gasteiger partial charge in [0.2, 0.25) is 0 Å². The molecule has 0 aliphatic carbocycles. The lowest BCUT2D eigenvalue weighted by atomic mass is 10.1. The van der Waals surface area contributed by atoms with Gasteiger partial charge in [0.1, 0.15) is 5.75 Å². The number of Topliss-reactive ketones (excluding diaryl/α,β-unsaturated/α-hetero) is 1. The number of ketones is 1. The van der Waals surface area contributed by atoms with Gasteiger partial charge < -0.3 is 4.74 Å². The molecule has 0 aromatic heterocycles. The summed E-state index contributed by atoms with van der Waals surface area (Å²) in [6, 6.07) is 15.8. The van der Waals surface area contributed by atoms with Gasteiger partial charge in [-0.1, -0.05) is 29.8 Å². The molecular weight excluding hydrogens is 268 g/mol. The molecule has 0 N–H and O–H groups in total. The maximum Gasteiger partial charge on any atom is 0.163 e. The highest BCUT2D eigenvalue weighted by Crippen LogP contribution is 2.21. The fourth-order valence-electron chi connectivity index (χ4n) is 1.90. The first-order chi connectivity index (χ1) is 9.66. The summed E-state index contributed by atoms with van der Waals surface area (Å²) in [5, 5.41) is 0. The van der Waals surface area contributed by atoms with Gasteiger partial charge in [-0.05, 0) is 38.1 Å². The van der Waals surface area contributed by atoms with Crippen LogP contribution in [0.2, 0.25) is 0 Å². The summed E-state index contributed by atoms with van der Waals surface area (Å²) < 4.78 is 5.71. The zero-order valence-electron chi connectivity index (χ0n) is 11.8. The zero-order valence-corrected chi connectivity index (χ0v) is 12.6. The van der Waals surface area contributed by atoms with Crippen LogP contribution in [0.3, 0.4) is 0 Å². The fourth-order valence-corrected chi connectivity index (χ4v) is 2.75. The van der Waals surface area contributed by atoms with Crippen LogP contribution >= 0.6 is 11.8 Å². The van der Waals surface area contributed by atoms with E-state index in [2.05, 4.69) is 31.2 Å². The first-order valence-corrected chi connectivity index (χ1v) is 7.57. The van der Waals surface area contributed by atoms with E-state index < -0.39 is 0 Å². The molecule has 2 aromatic rings. The molecule has 0 fully saturated rings. The summed E-state index contributed by atoms with van der Waals surface area (Å²) in [6.45, 7) is 4.23. The minimum absolute atomic E-state index is 0.0342. The quantitative estimate of drug-likeness (QED) is 0.448. The molecule has 0 unspecified atom stereocenters. The molecule has 0 radical (unpaired) electrons. The van der Waals surface area contributed by atoms with Crippen LogP contribution in [0.4, 0.5) is 0 Å². The third kappa shape index (κ3) is 4.14. The molecule has 0 saturated heterocycles. The number of para-hydroxylation sites is 1. The Morgan fingerprint density at radius 1 is 1.15 bits per heavy atom. The number of carbonyl (C=O) groups excluding carboxylic acids is 1. The lowest BCUT2D eigenvalue weighted by molar-refractivity contribution is 0.101. The third-order valence-corrected chi connectivity index (χ3v) is 3.82. The summed E-state index contributed by atoms with van der Waals surface area (Å²) in [4.78, 5) is 12.7. The third-order valence-electron chi connectivity index (χ3n) is 2.87. The largest absolute Gasteiger partial charge is 0.492 e. The van der Waals surface area contributed by atoms with Gasteiger partial charge in [-0.15, -0.1) is 11.8 Å². The molecule has 20 heavy (non-hydrogen) atoms. The predicted molar refractivity (Wildman–Crippen MR) is 83.8 cm³/mol. The number of thioether (sulfide) groups is 1. The normalized spacial score (nSPS) is 10.3. The van der Waals surface area contributed by atoms with Crippen molar-refractivity contribution in [3.8, 4) is 5.75 Å². The maximum atomic E-state index is 11.5. The van der Waals surface area contributed by atoms with Crippen LogP contribution in [0.15, 0.2) is 53.4 Å². The first kappa shape index (κ1) is 14.7. The van der Waals surface area contributed by atoms with Crippen molar-refractivity contribution in [3.63, 3.8) is 0 Å². The van der Waals surface area contributed by atoms with Gasteiger partial charge in [-0.2, -0.15) is 0 Å². The van der Waals surface area contributed by atoms with Crippen LogP contribution < -0.4 is 4.74 Å². The van der Waals surface area contributed by atoms with E-state index in [4.69, 9.17) is 4.74 Å². The highest BCUT2D eigenvalue weighted by atomic mass is 32.2. The van der Waals surface area contributed by atoms with Gasteiger partial charge >= 0.3 is 0 Å². The number of ether oxygens (including phenoxy) is 1. The van der Waals surface area contributed by atoms with Crippen molar-refractivity contribution in [1.29, 1.82) is 0 Å². The highest BCUT2D eigenvalue weighted by molar-refractivity contribution is 7.99. The van der Waals surface area contributed by atoms with Crippen LogP contribution in [0, 0.1) is 6.92 Å². The molecule has 0 aliphatic heterocycles. The molecule has 0 heterocycles. The van der Waals surface area contributed by atoms with E-state index in [0.717, 1.165) is 5.75 Å². The Hall–Kier alpha value is -1.74. The summed E-state index contributed by atoms with van der Waals surface area (Å²) >= 11 is 1.76. The van der Waals surface area contributed by atoms with Crippen molar-refractivity contribution in [2.75, 3.05) is 12.4 Å². The van der Waals surface area contributed by atoms with Crippen LogP contribution in [0.1, 0.15) is 22.8 Å². The Morgan fingerprint density at radius 3 is 2.70 bits per heavy atom. The van der Waals surface area contributed by atoms with Gasteiger partial charge in [0.15, 0.2) is 5.78 Å². The average Bonchev–Trinajstić information content (AvgIpc) is 2.44. The van der Waals surface area contributed by atoms with E-state index in [1.807, 2.05) is 18.2 Å². The van der Waals surface area contributed by atoms with E-state index in [9.17, 15) is 4.79 Å². The molecule has 2 aromatic carbocycles. The second kappa shape index (κ2) is 7.15. The second-order valence-electron chi connectivity index (χ2n) is 4.57. The predicted octanol–water partition coefficient (Wildman–Crippen LogP) is 4.37. The standard InChI is InChI=1S/C17H18O2S/c1-13-6-5-7-15(12-13)20-11-10-19-17-9-4-3-8-16(17)14(2)18/h3-9,12H,10-11H2,1-2H3. The molecular formula is C17H18O2S. The van der Waals surface area contributed by atoms with E-state index in [1.165, 1.54) is 10.5 Å². The summed E-state index contributed by atoms with van der Waals surface area (Å²) in [7, 11) is 0. The Kier molecular flexibility index (Phi) is 5.24. The van der Waals surface area contributed by atoms with Crippen molar-refractivity contribution in [1.82, 2.24) is 0 Å². The van der Waals surface area contributed by atoms with Crippen LogP contribution in [0.25, 0.3) is 0 Å². The molecule has 0 amide bonds. The SMILES string of the molecule is CC(=O)c1ccccc1OCCSc1cccc(C)c1. The van der Waals surface area contributed by atoms with Gasteiger partial charge in [0, 0.05) is 10.6 Å². The summed E-state index contributed by atoms with van der Waals surface area (Å²) in [6.07, 6.45) is 0. The second-order valence-corrected chi connectivity index (χ2v) is 5.73. The number of carbonyl (C=O) groups is 1. The van der Waals surface area contributed by atoms with Crippen molar-refractivity contribution >= 4 is 17.5 Å². The molecule has 0 saturated carbocycles. The van der Waals surface area contributed by atoms with Crippen LogP contribution in [-0.2, 0) is 0 Å². The molecule has 3 heteroatoms. The zero-order chi connectivity index (χ0) is 14.4. The van der Waals surface area contributed by atoms with Crippen LogP contribution in [-0.4, -0.2) is 18.1 Å². The molecule has 2 rings (SSSR count). The van der Waals surface area contributed by atoms with Crippen molar-refractivity contribution in [2.24, 2.45) is 0 Å². The highest BCUT2D eigenvalue weighted by Gasteiger charge is 2.06. The molecule has 2 nitrogen and oxygen atoms in total. The van der Waals surface area contributed by atoms with E-state index in [0.29, 0.717) is 17.9 Å². The van der Waals surface area contributed by atoms with E-state index in [1.54, 1.807) is 24.8 Å². The van der Waals surface area contributed by atoms with Gasteiger partial charge in [-0.25, -0.2) is 0 Å². The molecule has 0 bridgehead atoms. The Bertz CT molecular complexity index is 593. The Morgan fingerprint density at radius 2 is 1.95 bits per heavy atom. The van der Waals surface area contributed by atoms with Gasteiger partial charge in [-0.3, -0.25) is 4.79 Å². The van der Waals surface area contributed by atoms with Crippen molar-refractivity contribution < 1.29 is 9.53 Å². The topological polar surface area (TPSA) is 26.3 Å². The van der Waals surface area contributed by atoms with Gasteiger partial charge in [0.05, 0.1) is 12.2 Å². The van der Waals surface area contributed by atoms with E-state index >= 15 is 0 Å². The fraction of sp³-hybridized carbons (Fsp3) is 0.235. The minimum atomic E-state index is 0.0342. The first-order valence-electron chi connectivity index (χ1n) is 6.59. The number of aryl methyl sites for hydroxylation is 1. The van der Waals surface area contributed by atoms with Crippen molar-refractivity contribution in [2.45, 2.75) is 18.7 Å². The monoisotopic (exact) mass is 286 g/mol. The average molecular weight is 286 g/mol. The number of hydrogen-bond donors (Lipinski definition) is 0. The Balaban J connectivity index is 1.86. The minimum Gasteiger partial charge on any atom is -0.492 e. The lowest BCUT2D eigenvalue weighted by Gasteiger charge is -2.09. The summed E-state index contributed by atoms with van der Waals surface area (Å²) in [5.41, 5.74) is 1.91. The number of benzene rings is 2. The molecule has 0 aliphatic rings. The van der Waals surface area contributed by atoms with E-state index in [-0.39, 0.29) is 5.78 Å². The van der Waals surface area contributed by atoms with Crippen LogP contribution in [0.5, 0.6) is 5.75 Å². The number of rotatable bonds is 6. The Labute approximate surface area is 124 Å². The van der Waals surface area contributed by atoms with Gasteiger partial charge in [0.25, 0.3) is 0 Å². The maximum absolute atomic E-state index is 11.5. The molecule has 0 spiro atoms.